The Bertz CT molecular complexity index is 611. The third kappa shape index (κ3) is 3.96. The Balaban J connectivity index is 2.06. The molecule has 0 unspecified atom stereocenters. The maximum atomic E-state index is 11.9. The normalized spacial score (nSPS) is 11.4. The van der Waals surface area contributed by atoms with E-state index in [1.165, 1.54) is 9.65 Å². The summed E-state index contributed by atoms with van der Waals surface area (Å²) in [7, 11) is 0. The van der Waals surface area contributed by atoms with Crippen LogP contribution in [-0.4, -0.2) is 5.78 Å². The average Bonchev–Trinajstić information content (AvgIpc) is 2.79. The molecule has 98 valence electrons. The molecule has 2 rings (SSSR count). The van der Waals surface area contributed by atoms with Gasteiger partial charge in [0.1, 0.15) is 5.76 Å². The van der Waals surface area contributed by atoms with Gasteiger partial charge in [-0.25, -0.2) is 0 Å². The maximum absolute atomic E-state index is 11.9. The van der Waals surface area contributed by atoms with Crippen LogP contribution in [0.4, 0.5) is 5.69 Å². The van der Waals surface area contributed by atoms with Gasteiger partial charge in [-0.05, 0) is 72.8 Å². The Morgan fingerprint density at radius 2 is 1.89 bits per heavy atom. The van der Waals surface area contributed by atoms with Gasteiger partial charge in [0.25, 0.3) is 0 Å². The SMILES string of the molecule is C/C(=C\C(=O)c1ccc(C)o1)Nc1ccc(I)cc1. The lowest BCUT2D eigenvalue weighted by atomic mass is 10.2. The summed E-state index contributed by atoms with van der Waals surface area (Å²) in [5.74, 6) is 0.963. The Labute approximate surface area is 125 Å². The minimum Gasteiger partial charge on any atom is -0.458 e. The number of rotatable bonds is 4. The van der Waals surface area contributed by atoms with Crippen LogP contribution < -0.4 is 5.32 Å². The van der Waals surface area contributed by atoms with Crippen LogP contribution in [0, 0.1) is 10.5 Å². The number of hydrogen-bond acceptors (Lipinski definition) is 3. The van der Waals surface area contributed by atoms with Gasteiger partial charge in [0.05, 0.1) is 0 Å². The van der Waals surface area contributed by atoms with E-state index in [2.05, 4.69) is 27.9 Å². The highest BCUT2D eigenvalue weighted by molar-refractivity contribution is 14.1. The number of anilines is 1. The molecule has 1 aromatic heterocycles. The molecule has 1 aromatic carbocycles. The van der Waals surface area contributed by atoms with Crippen molar-refractivity contribution in [1.29, 1.82) is 0 Å². The number of aryl methyl sites for hydroxylation is 1. The molecule has 19 heavy (non-hydrogen) atoms. The van der Waals surface area contributed by atoms with E-state index in [4.69, 9.17) is 4.42 Å². The monoisotopic (exact) mass is 367 g/mol. The van der Waals surface area contributed by atoms with Crippen molar-refractivity contribution < 1.29 is 9.21 Å². The number of nitrogens with one attached hydrogen (secondary N) is 1. The summed E-state index contributed by atoms with van der Waals surface area (Å²) in [6.45, 7) is 3.67. The van der Waals surface area contributed by atoms with Gasteiger partial charge in [-0.1, -0.05) is 0 Å². The van der Waals surface area contributed by atoms with Crippen LogP contribution in [0.25, 0.3) is 0 Å². The molecule has 0 saturated carbocycles. The lowest BCUT2D eigenvalue weighted by molar-refractivity contribution is 0.102. The Morgan fingerprint density at radius 1 is 1.21 bits per heavy atom. The van der Waals surface area contributed by atoms with E-state index in [0.717, 1.165) is 17.1 Å². The first-order valence-electron chi connectivity index (χ1n) is 5.86. The molecule has 1 N–H and O–H groups in total. The molecule has 0 radical (unpaired) electrons. The first-order chi connectivity index (χ1) is 9.04. The summed E-state index contributed by atoms with van der Waals surface area (Å²) in [4.78, 5) is 11.9. The molecule has 3 nitrogen and oxygen atoms in total. The van der Waals surface area contributed by atoms with Crippen LogP contribution in [0.5, 0.6) is 0 Å². The van der Waals surface area contributed by atoms with Gasteiger partial charge < -0.3 is 9.73 Å². The predicted molar refractivity (Wildman–Crippen MR) is 84.3 cm³/mol. The van der Waals surface area contributed by atoms with Crippen molar-refractivity contribution in [2.24, 2.45) is 0 Å². The molecule has 0 amide bonds. The standard InChI is InChI=1S/C15H14INO2/c1-10(17-13-6-4-12(16)5-7-13)9-14(18)15-8-3-11(2)19-15/h3-9,17H,1-2H3/b10-9+. The molecule has 0 saturated heterocycles. The van der Waals surface area contributed by atoms with Gasteiger partial charge in [-0.15, -0.1) is 0 Å². The average molecular weight is 367 g/mol. The predicted octanol–water partition coefficient (Wildman–Crippen LogP) is 4.39. The maximum Gasteiger partial charge on any atom is 0.222 e. The fourth-order valence-electron chi connectivity index (χ4n) is 1.63. The number of ketones is 1. The summed E-state index contributed by atoms with van der Waals surface area (Å²) in [6.07, 6.45) is 1.54. The van der Waals surface area contributed by atoms with Gasteiger partial charge in [0, 0.05) is 21.0 Å². The van der Waals surface area contributed by atoms with Crippen molar-refractivity contribution in [3.63, 3.8) is 0 Å². The smallest absolute Gasteiger partial charge is 0.222 e. The molecule has 4 heteroatoms. The molecule has 1 heterocycles. The first kappa shape index (κ1) is 13.9. The minimum absolute atomic E-state index is 0.136. The van der Waals surface area contributed by atoms with Crippen molar-refractivity contribution in [2.75, 3.05) is 5.32 Å². The second-order valence-electron chi connectivity index (χ2n) is 4.23. The summed E-state index contributed by atoms with van der Waals surface area (Å²) >= 11 is 2.25. The molecule has 0 bridgehead atoms. The van der Waals surface area contributed by atoms with Crippen molar-refractivity contribution in [3.8, 4) is 0 Å². The van der Waals surface area contributed by atoms with Gasteiger partial charge in [-0.2, -0.15) is 0 Å². The van der Waals surface area contributed by atoms with Crippen LogP contribution >= 0.6 is 22.6 Å². The summed E-state index contributed by atoms with van der Waals surface area (Å²) < 4.78 is 6.46. The van der Waals surface area contributed by atoms with E-state index < -0.39 is 0 Å². The van der Waals surface area contributed by atoms with Crippen LogP contribution in [-0.2, 0) is 0 Å². The number of allylic oxidation sites excluding steroid dienone is 2. The van der Waals surface area contributed by atoms with Gasteiger partial charge in [0.2, 0.25) is 5.78 Å². The molecule has 0 aliphatic heterocycles. The van der Waals surface area contributed by atoms with E-state index in [-0.39, 0.29) is 5.78 Å². The largest absolute Gasteiger partial charge is 0.458 e. The summed E-state index contributed by atoms with van der Waals surface area (Å²) in [6, 6.07) is 11.4. The van der Waals surface area contributed by atoms with Crippen molar-refractivity contribution in [1.82, 2.24) is 0 Å². The van der Waals surface area contributed by atoms with E-state index >= 15 is 0 Å². The van der Waals surface area contributed by atoms with Crippen LogP contribution in [0.15, 0.2) is 52.6 Å². The molecule has 0 atom stereocenters. The van der Waals surface area contributed by atoms with Crippen LogP contribution in [0.3, 0.4) is 0 Å². The van der Waals surface area contributed by atoms with Gasteiger partial charge in [0.15, 0.2) is 5.76 Å². The quantitative estimate of drug-likeness (QED) is 0.495. The molecule has 0 aliphatic rings. The van der Waals surface area contributed by atoms with Crippen molar-refractivity contribution in [2.45, 2.75) is 13.8 Å². The van der Waals surface area contributed by atoms with Crippen LogP contribution in [0.1, 0.15) is 23.2 Å². The highest BCUT2D eigenvalue weighted by Gasteiger charge is 2.07. The molecule has 0 aliphatic carbocycles. The second-order valence-corrected chi connectivity index (χ2v) is 5.48. The molecule has 2 aromatic rings. The van der Waals surface area contributed by atoms with E-state index in [1.807, 2.05) is 38.1 Å². The van der Waals surface area contributed by atoms with Gasteiger partial charge >= 0.3 is 0 Å². The lowest BCUT2D eigenvalue weighted by Crippen LogP contribution is -2.00. The fraction of sp³-hybridized carbons (Fsp3) is 0.133. The first-order valence-corrected chi connectivity index (χ1v) is 6.94. The number of carbonyl (C=O) groups excluding carboxylic acids is 1. The van der Waals surface area contributed by atoms with Crippen molar-refractivity contribution in [3.05, 3.63) is 63.3 Å². The van der Waals surface area contributed by atoms with Crippen LogP contribution in [0.2, 0.25) is 0 Å². The summed E-state index contributed by atoms with van der Waals surface area (Å²) in [5.41, 5.74) is 1.73. The Morgan fingerprint density at radius 3 is 2.47 bits per heavy atom. The number of furan rings is 1. The highest BCUT2D eigenvalue weighted by atomic mass is 127. The zero-order valence-electron chi connectivity index (χ0n) is 10.7. The van der Waals surface area contributed by atoms with E-state index in [9.17, 15) is 4.79 Å². The third-order valence-corrected chi connectivity index (χ3v) is 3.24. The Hall–Kier alpha value is -1.56. The zero-order chi connectivity index (χ0) is 13.8. The second kappa shape index (κ2) is 6.06. The molecule has 0 spiro atoms. The number of carbonyl (C=O) groups is 1. The topological polar surface area (TPSA) is 42.2 Å². The number of halogens is 1. The number of benzene rings is 1. The number of hydrogen-bond donors (Lipinski definition) is 1. The molecular formula is C15H14INO2. The molecule has 0 fully saturated rings. The summed E-state index contributed by atoms with van der Waals surface area (Å²) in [5, 5.41) is 3.17. The Kier molecular flexibility index (Phi) is 4.42. The van der Waals surface area contributed by atoms with Gasteiger partial charge in [-0.3, -0.25) is 4.79 Å². The lowest BCUT2D eigenvalue weighted by Gasteiger charge is -2.06. The minimum atomic E-state index is -0.136. The zero-order valence-corrected chi connectivity index (χ0v) is 12.9. The molecular weight excluding hydrogens is 353 g/mol. The van der Waals surface area contributed by atoms with E-state index in [0.29, 0.717) is 5.76 Å². The van der Waals surface area contributed by atoms with Crippen molar-refractivity contribution >= 4 is 34.1 Å². The highest BCUT2D eigenvalue weighted by Crippen LogP contribution is 2.14. The fourth-order valence-corrected chi connectivity index (χ4v) is 1.99. The third-order valence-electron chi connectivity index (χ3n) is 2.52. The van der Waals surface area contributed by atoms with E-state index in [1.54, 1.807) is 12.1 Å².